The van der Waals surface area contributed by atoms with Crippen LogP contribution in [-0.2, 0) is 0 Å². The number of fused-ring (bicyclic) bond motifs is 1. The fourth-order valence-corrected chi connectivity index (χ4v) is 0.757. The highest BCUT2D eigenvalue weighted by atomic mass is 16.4. The lowest BCUT2D eigenvalue weighted by Gasteiger charge is -1.92. The number of rotatable bonds is 0. The summed E-state index contributed by atoms with van der Waals surface area (Å²) in [4.78, 5) is 0. The summed E-state index contributed by atoms with van der Waals surface area (Å²) in [6.07, 6.45) is 2.75. The zero-order valence-electron chi connectivity index (χ0n) is 4.98. The summed E-state index contributed by atoms with van der Waals surface area (Å²) in [6, 6.07) is 1.54. The molecule has 0 fully saturated rings. The van der Waals surface area contributed by atoms with Gasteiger partial charge in [-0.3, -0.25) is 0 Å². The molecule has 0 amide bonds. The van der Waals surface area contributed by atoms with E-state index in [2.05, 4.69) is 10.2 Å². The maximum Gasteiger partial charge on any atom is 0.247 e. The average Bonchev–Trinajstić information content (AvgIpc) is 2.33. The highest BCUT2D eigenvalue weighted by molar-refractivity contribution is 5.54. The summed E-state index contributed by atoms with van der Waals surface area (Å²) < 4.78 is 4.86. The quantitative estimate of drug-likeness (QED) is 0.584. The normalized spacial score (nSPS) is 10.4. The summed E-state index contributed by atoms with van der Waals surface area (Å²) in [7, 11) is 0. The second-order valence-electron chi connectivity index (χ2n) is 1.91. The van der Waals surface area contributed by atoms with Crippen molar-refractivity contribution in [2.24, 2.45) is 0 Å². The molecule has 0 saturated heterocycles. The second kappa shape index (κ2) is 1.70. The summed E-state index contributed by atoms with van der Waals surface area (Å²) in [6.45, 7) is 0. The molecule has 0 saturated carbocycles. The minimum absolute atomic E-state index is 0.0855. The van der Waals surface area contributed by atoms with Crippen molar-refractivity contribution in [2.75, 3.05) is 0 Å². The van der Waals surface area contributed by atoms with Crippen molar-refractivity contribution in [3.05, 3.63) is 18.5 Å². The van der Waals surface area contributed by atoms with Crippen LogP contribution in [0.3, 0.4) is 0 Å². The minimum atomic E-state index is 0.0855. The van der Waals surface area contributed by atoms with E-state index in [-0.39, 0.29) is 5.75 Å². The summed E-state index contributed by atoms with van der Waals surface area (Å²) in [5, 5.41) is 16.1. The molecule has 2 aliphatic rings. The molecule has 50 valence electrons. The molecule has 0 spiro atoms. The third-order valence-electron chi connectivity index (χ3n) is 1.19. The number of aromatic hydroxyl groups is 1. The Bertz CT molecular complexity index is 318. The van der Waals surface area contributed by atoms with Gasteiger partial charge in [-0.25, -0.2) is 0 Å². The van der Waals surface area contributed by atoms with Gasteiger partial charge in [0.05, 0.1) is 11.8 Å². The Balaban J connectivity index is 2.75. The van der Waals surface area contributed by atoms with Crippen LogP contribution in [0.1, 0.15) is 0 Å². The number of nitrogens with zero attached hydrogens (tertiary/aromatic N) is 2. The fraction of sp³-hybridized carbons (Fsp3) is 0. The van der Waals surface area contributed by atoms with Crippen molar-refractivity contribution in [1.29, 1.82) is 0 Å². The van der Waals surface area contributed by atoms with E-state index in [1.165, 1.54) is 12.5 Å². The topological polar surface area (TPSA) is 59.2 Å². The molecule has 0 aromatic heterocycles. The van der Waals surface area contributed by atoms with Crippen LogP contribution < -0.4 is 0 Å². The molecule has 0 bridgehead atoms. The van der Waals surface area contributed by atoms with Gasteiger partial charge in [0, 0.05) is 0 Å². The van der Waals surface area contributed by atoms with Crippen molar-refractivity contribution >= 4 is 0 Å². The van der Waals surface area contributed by atoms with E-state index in [0.29, 0.717) is 11.5 Å². The lowest BCUT2D eigenvalue weighted by molar-refractivity contribution is 0.435. The van der Waals surface area contributed by atoms with Crippen molar-refractivity contribution in [1.82, 2.24) is 10.2 Å². The van der Waals surface area contributed by atoms with Crippen LogP contribution in [-0.4, -0.2) is 15.3 Å². The predicted molar refractivity (Wildman–Crippen MR) is 32.6 cm³/mol. The van der Waals surface area contributed by atoms with E-state index < -0.39 is 0 Å². The monoisotopic (exact) mass is 136 g/mol. The lowest BCUT2D eigenvalue weighted by atomic mass is 10.3. The molecule has 0 aromatic rings. The number of hydrogen-bond donors (Lipinski definition) is 1. The van der Waals surface area contributed by atoms with Gasteiger partial charge in [-0.1, -0.05) is 0 Å². The molecule has 2 aliphatic heterocycles. The first kappa shape index (κ1) is 5.22. The smallest absolute Gasteiger partial charge is 0.247 e. The first-order valence-electron chi connectivity index (χ1n) is 2.75. The maximum atomic E-state index is 8.90. The molecule has 0 aliphatic carbocycles. The fourth-order valence-electron chi connectivity index (χ4n) is 0.757. The first-order valence-corrected chi connectivity index (χ1v) is 2.75. The Kier molecular flexibility index (Phi) is 0.887. The summed E-state index contributed by atoms with van der Waals surface area (Å²) >= 11 is 0. The highest BCUT2D eigenvalue weighted by Crippen LogP contribution is 2.22. The molecule has 2 heterocycles. The first-order chi connectivity index (χ1) is 4.86. The van der Waals surface area contributed by atoms with E-state index in [1.807, 2.05) is 0 Å². The Hall–Kier alpha value is -1.58. The van der Waals surface area contributed by atoms with Crippen LogP contribution in [0.2, 0.25) is 0 Å². The van der Waals surface area contributed by atoms with Crippen molar-refractivity contribution < 1.29 is 9.52 Å². The van der Waals surface area contributed by atoms with E-state index in [9.17, 15) is 0 Å². The second-order valence-corrected chi connectivity index (χ2v) is 1.91. The molecule has 0 radical (unpaired) electrons. The van der Waals surface area contributed by atoms with Gasteiger partial charge in [0.2, 0.25) is 5.89 Å². The summed E-state index contributed by atoms with van der Waals surface area (Å²) in [5.74, 6) is 0.528. The third kappa shape index (κ3) is 0.621. The molecular weight excluding hydrogens is 132 g/mol. The average molecular weight is 136 g/mol. The lowest BCUT2D eigenvalue weighted by Crippen LogP contribution is -1.73. The van der Waals surface area contributed by atoms with Gasteiger partial charge >= 0.3 is 0 Å². The molecule has 2 rings (SSSR count). The van der Waals surface area contributed by atoms with Crippen LogP contribution in [0.5, 0.6) is 5.75 Å². The molecule has 1 N–H and O–H groups in total. The van der Waals surface area contributed by atoms with Gasteiger partial charge in [-0.05, 0) is 6.07 Å². The van der Waals surface area contributed by atoms with Gasteiger partial charge in [-0.2, -0.15) is 5.10 Å². The molecule has 4 heteroatoms. The molecule has 10 heavy (non-hydrogen) atoms. The molecule has 0 unspecified atom stereocenters. The van der Waals surface area contributed by atoms with E-state index in [4.69, 9.17) is 9.52 Å². The van der Waals surface area contributed by atoms with Gasteiger partial charge in [0.25, 0.3) is 0 Å². The highest BCUT2D eigenvalue weighted by Gasteiger charge is 2.06. The summed E-state index contributed by atoms with van der Waals surface area (Å²) in [5.41, 5.74) is 0.708. The van der Waals surface area contributed by atoms with Gasteiger partial charge < -0.3 is 9.52 Å². The molecule has 0 atom stereocenters. The van der Waals surface area contributed by atoms with Crippen LogP contribution >= 0.6 is 0 Å². The van der Waals surface area contributed by atoms with Gasteiger partial charge in [0.15, 0.2) is 5.75 Å². The van der Waals surface area contributed by atoms with Crippen LogP contribution in [0.25, 0.3) is 11.5 Å². The minimum Gasteiger partial charge on any atom is -0.505 e. The van der Waals surface area contributed by atoms with Gasteiger partial charge in [0.1, 0.15) is 6.26 Å². The maximum absolute atomic E-state index is 8.90. The Labute approximate surface area is 56.5 Å². The third-order valence-corrected chi connectivity index (χ3v) is 1.19. The zero-order chi connectivity index (χ0) is 6.97. The van der Waals surface area contributed by atoms with Gasteiger partial charge in [-0.15, -0.1) is 5.10 Å². The molecule has 0 aromatic carbocycles. The predicted octanol–water partition coefficient (Wildman–Crippen LogP) is 0.880. The Morgan fingerprint density at radius 2 is 2.40 bits per heavy atom. The van der Waals surface area contributed by atoms with Crippen molar-refractivity contribution in [3.63, 3.8) is 0 Å². The van der Waals surface area contributed by atoms with Crippen LogP contribution in [0, 0.1) is 0 Å². The molecule has 4 nitrogen and oxygen atoms in total. The van der Waals surface area contributed by atoms with Crippen molar-refractivity contribution in [3.8, 4) is 17.2 Å². The number of aromatic nitrogens is 2. The van der Waals surface area contributed by atoms with E-state index in [1.54, 1.807) is 6.07 Å². The standard InChI is InChI=1S/C6H4N2O2/c9-5-1-4-2-7-8-6(4)10-3-5/h1-3,9H. The van der Waals surface area contributed by atoms with Crippen LogP contribution in [0.4, 0.5) is 0 Å². The molecular formula is C6H4N2O2. The SMILES string of the molecule is Oc1coc2nncc-2c1. The zero-order valence-corrected chi connectivity index (χ0v) is 4.98. The Morgan fingerprint density at radius 1 is 1.50 bits per heavy atom. The number of hydrogen-bond acceptors (Lipinski definition) is 4. The largest absolute Gasteiger partial charge is 0.505 e. The van der Waals surface area contributed by atoms with Crippen LogP contribution in [0.15, 0.2) is 22.9 Å². The Morgan fingerprint density at radius 3 is 3.30 bits per heavy atom. The van der Waals surface area contributed by atoms with Crippen molar-refractivity contribution in [2.45, 2.75) is 0 Å². The van der Waals surface area contributed by atoms with E-state index in [0.717, 1.165) is 0 Å². The van der Waals surface area contributed by atoms with E-state index >= 15 is 0 Å².